The molecule has 3 heterocycles. The molecule has 2 aromatic rings. The Kier molecular flexibility index (Phi) is 8.19. The smallest absolute Gasteiger partial charge is 0.287 e. The summed E-state index contributed by atoms with van der Waals surface area (Å²) in [5.41, 5.74) is 1.09. The number of aryl methyl sites for hydroxylation is 1. The third-order valence-corrected chi connectivity index (χ3v) is 6.72. The van der Waals surface area contributed by atoms with Crippen molar-refractivity contribution in [3.05, 3.63) is 47.9 Å². The Morgan fingerprint density at radius 2 is 1.95 bits per heavy atom. The number of allylic oxidation sites excluding steroid dienone is 1. The van der Waals surface area contributed by atoms with Crippen molar-refractivity contribution in [2.45, 2.75) is 58.5 Å². The fraction of sp³-hybridized carbons (Fsp3) is 0.429. The van der Waals surface area contributed by atoms with Crippen LogP contribution < -0.4 is 10.6 Å². The first-order valence-electron chi connectivity index (χ1n) is 12.8. The molecule has 0 radical (unpaired) electrons. The summed E-state index contributed by atoms with van der Waals surface area (Å²) in [4.78, 5) is 69.5. The molecule has 2 aliphatic heterocycles. The molecule has 4 rings (SSSR count). The maximum absolute atomic E-state index is 13.3. The fourth-order valence-electron chi connectivity index (χ4n) is 4.72. The fourth-order valence-corrected chi connectivity index (χ4v) is 4.72. The molecule has 0 saturated carbocycles. The molecule has 2 aliphatic rings. The molecule has 0 bridgehead atoms. The number of aliphatic imine (C=N–C) groups is 1. The highest BCUT2D eigenvalue weighted by Gasteiger charge is 2.34. The minimum atomic E-state index is -0.884. The largest absolute Gasteiger partial charge is 0.451 e. The number of nitrogens with one attached hydrogen (secondary N) is 2. The molecule has 2 atom stereocenters. The first-order valence-corrected chi connectivity index (χ1v) is 12.8. The molecule has 2 N–H and O–H groups in total. The van der Waals surface area contributed by atoms with Crippen LogP contribution in [0.5, 0.6) is 0 Å². The number of fused-ring (bicyclic) bond motifs is 1. The van der Waals surface area contributed by atoms with Gasteiger partial charge in [0.05, 0.1) is 12.6 Å². The van der Waals surface area contributed by atoms with Gasteiger partial charge < -0.3 is 20.0 Å². The highest BCUT2D eigenvalue weighted by atomic mass is 16.3. The molecule has 10 nitrogen and oxygen atoms in total. The molecule has 0 spiro atoms. The van der Waals surface area contributed by atoms with Crippen LogP contribution in [0.15, 0.2) is 46.0 Å². The second kappa shape index (κ2) is 11.5. The van der Waals surface area contributed by atoms with Crippen molar-refractivity contribution in [1.82, 2.24) is 15.5 Å². The number of hydrogen-bond donors (Lipinski definition) is 2. The van der Waals surface area contributed by atoms with E-state index in [1.54, 1.807) is 19.1 Å². The second-order valence-corrected chi connectivity index (χ2v) is 10.1. The first-order chi connectivity index (χ1) is 18.2. The van der Waals surface area contributed by atoms with Crippen molar-refractivity contribution >= 4 is 46.0 Å². The lowest BCUT2D eigenvalue weighted by atomic mass is 10.0. The summed E-state index contributed by atoms with van der Waals surface area (Å²) in [6, 6.07) is 5.61. The highest BCUT2D eigenvalue weighted by molar-refractivity contribution is 6.66. The van der Waals surface area contributed by atoms with Gasteiger partial charge in [-0.1, -0.05) is 38.1 Å². The lowest BCUT2D eigenvalue weighted by Crippen LogP contribution is -2.53. The summed E-state index contributed by atoms with van der Waals surface area (Å²) in [7, 11) is 0. The SMILES string of the molecule is Cc1c(C(=O)NC(CC(C)C)C(=O)N[C@H]2CCCN(C(=O)C3=NC=CCC3=O)CC2=O)oc2ccccc12. The number of likely N-dealkylation sites (tertiary alicyclic amines) is 1. The Hall–Kier alpha value is -4.08. The summed E-state index contributed by atoms with van der Waals surface area (Å²) in [6.45, 7) is 5.69. The Morgan fingerprint density at radius 3 is 2.66 bits per heavy atom. The predicted molar refractivity (Wildman–Crippen MR) is 141 cm³/mol. The van der Waals surface area contributed by atoms with Gasteiger partial charge in [-0.15, -0.1) is 0 Å². The van der Waals surface area contributed by atoms with E-state index in [1.165, 1.54) is 11.1 Å². The van der Waals surface area contributed by atoms with E-state index in [9.17, 15) is 24.0 Å². The van der Waals surface area contributed by atoms with E-state index >= 15 is 0 Å². The van der Waals surface area contributed by atoms with Gasteiger partial charge in [0, 0.05) is 30.1 Å². The predicted octanol–water partition coefficient (Wildman–Crippen LogP) is 2.49. The van der Waals surface area contributed by atoms with Crippen LogP contribution in [0.2, 0.25) is 0 Å². The van der Waals surface area contributed by atoms with Crippen LogP contribution in [-0.2, 0) is 19.2 Å². The number of carbonyl (C=O) groups is 5. The van der Waals surface area contributed by atoms with E-state index in [2.05, 4.69) is 15.6 Å². The molecule has 1 unspecified atom stereocenters. The highest BCUT2D eigenvalue weighted by Crippen LogP contribution is 2.25. The monoisotopic (exact) mass is 520 g/mol. The molecule has 38 heavy (non-hydrogen) atoms. The number of nitrogens with zero attached hydrogens (tertiary/aromatic N) is 2. The van der Waals surface area contributed by atoms with Crippen LogP contribution in [0.1, 0.15) is 55.6 Å². The number of benzene rings is 1. The normalized spacial score (nSPS) is 18.8. The Balaban J connectivity index is 1.43. The molecule has 1 fully saturated rings. The molecule has 200 valence electrons. The van der Waals surface area contributed by atoms with Crippen LogP contribution in [0.3, 0.4) is 0 Å². The maximum Gasteiger partial charge on any atom is 0.287 e. The Labute approximate surface area is 220 Å². The van der Waals surface area contributed by atoms with Gasteiger partial charge in [-0.25, -0.2) is 4.99 Å². The third-order valence-electron chi connectivity index (χ3n) is 6.72. The van der Waals surface area contributed by atoms with Crippen LogP contribution in [0.4, 0.5) is 0 Å². The molecule has 1 aromatic carbocycles. The number of Topliss-reactive ketones (excluding diaryl/α,β-unsaturated/α-hetero) is 2. The van der Waals surface area contributed by atoms with Crippen molar-refractivity contribution in [2.24, 2.45) is 10.9 Å². The van der Waals surface area contributed by atoms with E-state index in [4.69, 9.17) is 4.42 Å². The van der Waals surface area contributed by atoms with E-state index < -0.39 is 29.8 Å². The average Bonchev–Trinajstić information content (AvgIpc) is 3.11. The lowest BCUT2D eigenvalue weighted by Gasteiger charge is -2.23. The summed E-state index contributed by atoms with van der Waals surface area (Å²) in [6.07, 6.45) is 4.23. The third kappa shape index (κ3) is 5.90. The molecule has 1 aromatic heterocycles. The van der Waals surface area contributed by atoms with Gasteiger partial charge >= 0.3 is 0 Å². The van der Waals surface area contributed by atoms with Gasteiger partial charge in [-0.3, -0.25) is 24.0 Å². The van der Waals surface area contributed by atoms with Crippen molar-refractivity contribution in [2.75, 3.05) is 13.1 Å². The standard InChI is InChI=1S/C28H32N4O6/c1-16(2)14-20(31-27(36)25-17(3)18-8-4-5-11-23(18)38-25)26(35)30-19-9-7-13-32(15-22(19)34)28(37)24-21(33)10-6-12-29-24/h4-6,8,11-12,16,19-20H,7,9-10,13-15H2,1-3H3,(H,30,35)(H,31,36)/t19-,20?/m0/s1. The van der Waals surface area contributed by atoms with E-state index in [0.29, 0.717) is 30.4 Å². The number of furan rings is 1. The van der Waals surface area contributed by atoms with Crippen molar-refractivity contribution in [3.63, 3.8) is 0 Å². The quantitative estimate of drug-likeness (QED) is 0.575. The van der Waals surface area contributed by atoms with E-state index in [-0.39, 0.29) is 48.5 Å². The van der Waals surface area contributed by atoms with Gasteiger partial charge in [-0.2, -0.15) is 0 Å². The molecule has 0 aliphatic carbocycles. The zero-order chi connectivity index (χ0) is 27.4. The molecular weight excluding hydrogens is 488 g/mol. The number of rotatable bonds is 7. The summed E-state index contributed by atoms with van der Waals surface area (Å²) >= 11 is 0. The number of amides is 3. The van der Waals surface area contributed by atoms with Gasteiger partial charge in [0.2, 0.25) is 5.91 Å². The van der Waals surface area contributed by atoms with Crippen LogP contribution in [0, 0.1) is 12.8 Å². The zero-order valence-corrected chi connectivity index (χ0v) is 21.8. The van der Waals surface area contributed by atoms with Gasteiger partial charge in [-0.05, 0) is 38.2 Å². The second-order valence-electron chi connectivity index (χ2n) is 10.1. The topological polar surface area (TPSA) is 138 Å². The van der Waals surface area contributed by atoms with Crippen LogP contribution in [0.25, 0.3) is 11.0 Å². The van der Waals surface area contributed by atoms with Crippen molar-refractivity contribution in [1.29, 1.82) is 0 Å². The Bertz CT molecular complexity index is 1340. The van der Waals surface area contributed by atoms with Gasteiger partial charge in [0.25, 0.3) is 11.8 Å². The summed E-state index contributed by atoms with van der Waals surface area (Å²) < 4.78 is 5.75. The molecule has 10 heteroatoms. The average molecular weight is 521 g/mol. The van der Waals surface area contributed by atoms with Crippen LogP contribution >= 0.6 is 0 Å². The molecule has 3 amide bonds. The van der Waals surface area contributed by atoms with Gasteiger partial charge in [0.1, 0.15) is 11.6 Å². The van der Waals surface area contributed by atoms with E-state index in [1.807, 2.05) is 32.0 Å². The minimum Gasteiger partial charge on any atom is -0.451 e. The maximum atomic E-state index is 13.3. The van der Waals surface area contributed by atoms with Crippen molar-refractivity contribution < 1.29 is 28.4 Å². The van der Waals surface area contributed by atoms with E-state index in [0.717, 1.165) is 5.39 Å². The molecule has 1 saturated heterocycles. The summed E-state index contributed by atoms with van der Waals surface area (Å²) in [5, 5.41) is 6.38. The minimum absolute atomic E-state index is 0.0867. The zero-order valence-electron chi connectivity index (χ0n) is 21.8. The number of ketones is 2. The number of carbonyl (C=O) groups excluding carboxylic acids is 5. The van der Waals surface area contributed by atoms with Crippen LogP contribution in [-0.4, -0.2) is 65.1 Å². The van der Waals surface area contributed by atoms with Gasteiger partial charge in [0.15, 0.2) is 23.0 Å². The number of hydrogen-bond acceptors (Lipinski definition) is 7. The first kappa shape index (κ1) is 27.0. The summed E-state index contributed by atoms with van der Waals surface area (Å²) in [5.74, 6) is -2.05. The Morgan fingerprint density at radius 1 is 1.18 bits per heavy atom. The molecular formula is C28H32N4O6. The lowest BCUT2D eigenvalue weighted by molar-refractivity contribution is -0.132. The van der Waals surface area contributed by atoms with Crippen molar-refractivity contribution in [3.8, 4) is 0 Å². The number of para-hydroxylation sites is 1.